The molecule has 6 rings (SSSR count). The first-order chi connectivity index (χ1) is 24.1. The van der Waals surface area contributed by atoms with Crippen LogP contribution in [0.3, 0.4) is 0 Å². The van der Waals surface area contributed by atoms with Crippen LogP contribution in [0.25, 0.3) is 0 Å². The second kappa shape index (κ2) is 14.7. The summed E-state index contributed by atoms with van der Waals surface area (Å²) in [7, 11) is 1.60. The molecule has 0 bridgehead atoms. The average Bonchev–Trinajstić information content (AvgIpc) is 3.15. The minimum absolute atomic E-state index is 0.00827. The van der Waals surface area contributed by atoms with E-state index in [0.717, 1.165) is 11.1 Å². The molecule has 0 saturated heterocycles. The highest BCUT2D eigenvalue weighted by molar-refractivity contribution is 6.09. The average molecular weight is 661 g/mol. The molecule has 0 aromatic heterocycles. The molecule has 0 heterocycles. The Bertz CT molecular complexity index is 2060. The van der Waals surface area contributed by atoms with Crippen LogP contribution in [0.1, 0.15) is 82.1 Å². The third-order valence-electron chi connectivity index (χ3n) is 9.05. The molecule has 50 heavy (non-hydrogen) atoms. The lowest BCUT2D eigenvalue weighted by atomic mass is 9.78. The first-order valence-corrected chi connectivity index (χ1v) is 16.7. The molecule has 6 aromatic carbocycles. The summed E-state index contributed by atoms with van der Waals surface area (Å²) < 4.78 is 17.4. The molecule has 0 N–H and O–H groups in total. The van der Waals surface area contributed by atoms with Crippen molar-refractivity contribution in [1.29, 1.82) is 0 Å². The van der Waals surface area contributed by atoms with Crippen molar-refractivity contribution in [3.8, 4) is 28.7 Å². The second-order valence-corrected chi connectivity index (χ2v) is 13.1. The summed E-state index contributed by atoms with van der Waals surface area (Å²) >= 11 is 0. The number of methoxy groups -OCH3 is 1. The van der Waals surface area contributed by atoms with Gasteiger partial charge in [-0.05, 0) is 120 Å². The zero-order valence-electron chi connectivity index (χ0n) is 29.0. The van der Waals surface area contributed by atoms with E-state index in [0.29, 0.717) is 56.9 Å². The lowest BCUT2D eigenvalue weighted by Gasteiger charge is -2.26. The fraction of sp³-hybridized carbons (Fsp3) is 0.156. The van der Waals surface area contributed by atoms with Gasteiger partial charge in [-0.15, -0.1) is 0 Å². The van der Waals surface area contributed by atoms with Crippen molar-refractivity contribution in [1.82, 2.24) is 0 Å². The maximum Gasteiger partial charge on any atom is 0.193 e. The Morgan fingerprint density at radius 2 is 0.720 bits per heavy atom. The third kappa shape index (κ3) is 7.68. The van der Waals surface area contributed by atoms with Crippen molar-refractivity contribution in [2.75, 3.05) is 7.11 Å². The highest BCUT2D eigenvalue weighted by Crippen LogP contribution is 2.35. The molecule has 5 heteroatoms. The number of benzene rings is 6. The SMILES string of the molecule is COc1ccc(C(=O)c2ccc(Oc3ccc(C(C)(C)c4ccc(Oc5ccc(C(=O)c6ccc(C(C)C)cc6)cc5)cc4)cc3)cc2)cc1. The first kappa shape index (κ1) is 33.9. The van der Waals surface area contributed by atoms with Gasteiger partial charge in [-0.25, -0.2) is 0 Å². The van der Waals surface area contributed by atoms with E-state index >= 15 is 0 Å². The van der Waals surface area contributed by atoms with E-state index in [-0.39, 0.29) is 17.0 Å². The van der Waals surface area contributed by atoms with Crippen molar-refractivity contribution in [2.24, 2.45) is 0 Å². The Morgan fingerprint density at radius 3 is 1.02 bits per heavy atom. The van der Waals surface area contributed by atoms with E-state index in [1.165, 1.54) is 5.56 Å². The summed E-state index contributed by atoms with van der Waals surface area (Å²) in [4.78, 5) is 25.8. The van der Waals surface area contributed by atoms with Crippen LogP contribution >= 0.6 is 0 Å². The molecule has 0 fully saturated rings. The van der Waals surface area contributed by atoms with Crippen molar-refractivity contribution in [3.05, 3.63) is 185 Å². The van der Waals surface area contributed by atoms with Crippen molar-refractivity contribution in [3.63, 3.8) is 0 Å². The Kier molecular flexibility index (Phi) is 9.96. The van der Waals surface area contributed by atoms with Gasteiger partial charge in [0, 0.05) is 27.7 Å². The monoisotopic (exact) mass is 660 g/mol. The van der Waals surface area contributed by atoms with Gasteiger partial charge in [-0.3, -0.25) is 9.59 Å². The minimum atomic E-state index is -0.268. The van der Waals surface area contributed by atoms with Crippen LogP contribution in [0.15, 0.2) is 146 Å². The van der Waals surface area contributed by atoms with Gasteiger partial charge >= 0.3 is 0 Å². The van der Waals surface area contributed by atoms with E-state index in [2.05, 4.69) is 52.0 Å². The van der Waals surface area contributed by atoms with Crippen molar-refractivity contribution >= 4 is 11.6 Å². The Labute approximate surface area is 294 Å². The Morgan fingerprint density at radius 1 is 0.440 bits per heavy atom. The fourth-order valence-electron chi connectivity index (χ4n) is 5.76. The van der Waals surface area contributed by atoms with Gasteiger partial charge in [0.15, 0.2) is 11.6 Å². The van der Waals surface area contributed by atoms with E-state index in [1.54, 1.807) is 67.8 Å². The maximum atomic E-state index is 13.0. The molecular weight excluding hydrogens is 620 g/mol. The van der Waals surface area contributed by atoms with Crippen LogP contribution < -0.4 is 14.2 Å². The molecule has 0 atom stereocenters. The van der Waals surface area contributed by atoms with Crippen LogP contribution in [0.4, 0.5) is 0 Å². The summed E-state index contributed by atoms with van der Waals surface area (Å²) in [5.74, 6) is 3.80. The zero-order chi connectivity index (χ0) is 35.3. The lowest BCUT2D eigenvalue weighted by molar-refractivity contribution is 0.103. The molecule has 250 valence electrons. The molecule has 0 radical (unpaired) electrons. The predicted octanol–water partition coefficient (Wildman–Crippen LogP) is 11.2. The number of rotatable bonds is 12. The molecule has 0 amide bonds. The molecule has 0 unspecified atom stereocenters. The van der Waals surface area contributed by atoms with Crippen molar-refractivity contribution in [2.45, 2.75) is 39.0 Å². The van der Waals surface area contributed by atoms with E-state index in [1.807, 2.05) is 60.7 Å². The van der Waals surface area contributed by atoms with Gasteiger partial charge in [0.1, 0.15) is 28.7 Å². The number of carbonyl (C=O) groups excluding carboxylic acids is 2. The van der Waals surface area contributed by atoms with Gasteiger partial charge in [-0.1, -0.05) is 76.2 Å². The summed E-state index contributed by atoms with van der Waals surface area (Å²) in [5.41, 5.74) is 5.71. The van der Waals surface area contributed by atoms with Gasteiger partial charge < -0.3 is 14.2 Å². The van der Waals surface area contributed by atoms with Gasteiger partial charge in [0.25, 0.3) is 0 Å². The molecule has 0 aliphatic rings. The van der Waals surface area contributed by atoms with Crippen molar-refractivity contribution < 1.29 is 23.8 Å². The maximum absolute atomic E-state index is 13.0. The minimum Gasteiger partial charge on any atom is -0.497 e. The lowest BCUT2D eigenvalue weighted by Crippen LogP contribution is -2.18. The third-order valence-corrected chi connectivity index (χ3v) is 9.05. The highest BCUT2D eigenvalue weighted by atomic mass is 16.5. The Hall–Kier alpha value is -5.94. The summed E-state index contributed by atoms with van der Waals surface area (Å²) in [5, 5.41) is 0. The van der Waals surface area contributed by atoms with Gasteiger partial charge in [0.05, 0.1) is 7.11 Å². The number of hydrogen-bond acceptors (Lipinski definition) is 5. The number of hydrogen-bond donors (Lipinski definition) is 0. The van der Waals surface area contributed by atoms with Crippen LogP contribution in [0.2, 0.25) is 0 Å². The van der Waals surface area contributed by atoms with Crippen LogP contribution in [0, 0.1) is 0 Å². The first-order valence-electron chi connectivity index (χ1n) is 16.7. The van der Waals surface area contributed by atoms with E-state index in [4.69, 9.17) is 14.2 Å². The zero-order valence-corrected chi connectivity index (χ0v) is 29.0. The number of ketones is 2. The van der Waals surface area contributed by atoms with E-state index < -0.39 is 0 Å². The largest absolute Gasteiger partial charge is 0.497 e. The molecule has 0 saturated carbocycles. The number of carbonyl (C=O) groups is 2. The van der Waals surface area contributed by atoms with E-state index in [9.17, 15) is 9.59 Å². The smallest absolute Gasteiger partial charge is 0.193 e. The topological polar surface area (TPSA) is 61.8 Å². The fourth-order valence-corrected chi connectivity index (χ4v) is 5.76. The molecule has 0 aliphatic carbocycles. The quantitative estimate of drug-likeness (QED) is 0.122. The summed E-state index contributed by atoms with van der Waals surface area (Å²) in [6, 6.07) is 45.5. The molecule has 5 nitrogen and oxygen atoms in total. The standard InChI is InChI=1S/C45H40O5/c1-30(2)31-6-8-32(9-7-31)43(46)34-12-22-39(23-13-34)49-41-26-16-36(17-27-41)45(3,4)37-18-28-42(29-19-37)50-40-24-14-35(15-25-40)44(47)33-10-20-38(48-5)21-11-33/h6-30H,1-5H3. The number of ether oxygens (including phenoxy) is 3. The Balaban J connectivity index is 1.05. The highest BCUT2D eigenvalue weighted by Gasteiger charge is 2.23. The molecular formula is C45H40O5. The van der Waals surface area contributed by atoms with Gasteiger partial charge in [0.2, 0.25) is 0 Å². The summed E-state index contributed by atoms with van der Waals surface area (Å²) in [6.07, 6.45) is 0. The van der Waals surface area contributed by atoms with Crippen LogP contribution in [0.5, 0.6) is 28.7 Å². The van der Waals surface area contributed by atoms with Crippen LogP contribution in [-0.2, 0) is 5.41 Å². The summed E-state index contributed by atoms with van der Waals surface area (Å²) in [6.45, 7) is 8.64. The second-order valence-electron chi connectivity index (χ2n) is 13.1. The molecule has 0 spiro atoms. The predicted molar refractivity (Wildman–Crippen MR) is 198 cm³/mol. The van der Waals surface area contributed by atoms with Gasteiger partial charge in [-0.2, -0.15) is 0 Å². The van der Waals surface area contributed by atoms with Crippen LogP contribution in [-0.4, -0.2) is 18.7 Å². The molecule has 6 aromatic rings. The molecule has 0 aliphatic heterocycles. The normalized spacial score (nSPS) is 11.2.